The largest absolute Gasteiger partial charge is 0.327 e. The van der Waals surface area contributed by atoms with Gasteiger partial charge in [-0.15, -0.1) is 0 Å². The van der Waals surface area contributed by atoms with Gasteiger partial charge in [0, 0.05) is 11.4 Å². The van der Waals surface area contributed by atoms with Gasteiger partial charge in [-0.25, -0.2) is 0 Å². The van der Waals surface area contributed by atoms with E-state index in [0.717, 1.165) is 37.6 Å². The maximum Gasteiger partial charge on any atom is 0.279 e. The maximum absolute atomic E-state index is 12.2. The van der Waals surface area contributed by atoms with E-state index in [4.69, 9.17) is 0 Å². The lowest BCUT2D eigenvalue weighted by Crippen LogP contribution is -3.13. The topological polar surface area (TPSA) is 67.1 Å². The molecular weight excluding hydrogens is 328 g/mol. The molecule has 0 spiro atoms. The molecule has 2 fully saturated rings. The van der Waals surface area contributed by atoms with Crippen LogP contribution in [0.2, 0.25) is 0 Å². The number of carbonyl (C=O) groups is 2. The summed E-state index contributed by atoms with van der Waals surface area (Å²) < 4.78 is 0. The molecule has 0 radical (unpaired) electrons. The third-order valence-corrected chi connectivity index (χ3v) is 5.39. The van der Waals surface area contributed by atoms with Crippen LogP contribution in [-0.4, -0.2) is 51.1 Å². The van der Waals surface area contributed by atoms with Gasteiger partial charge in [0.15, 0.2) is 13.1 Å². The van der Waals surface area contributed by atoms with Crippen molar-refractivity contribution < 1.29 is 19.4 Å². The van der Waals surface area contributed by atoms with Crippen molar-refractivity contribution in [3.63, 3.8) is 0 Å². The Balaban J connectivity index is 1.42. The summed E-state index contributed by atoms with van der Waals surface area (Å²) in [5.74, 6) is 0.125. The zero-order valence-corrected chi connectivity index (χ0v) is 15.6. The van der Waals surface area contributed by atoms with Crippen LogP contribution < -0.4 is 20.4 Å². The Hall–Kier alpha value is -1.92. The fourth-order valence-corrected chi connectivity index (χ4v) is 3.96. The van der Waals surface area contributed by atoms with Gasteiger partial charge >= 0.3 is 0 Å². The van der Waals surface area contributed by atoms with E-state index in [0.29, 0.717) is 13.1 Å². The molecule has 0 aromatic heterocycles. The smallest absolute Gasteiger partial charge is 0.279 e. The monoisotopic (exact) mass is 360 g/mol. The normalized spacial score (nSPS) is 19.1. The average molecular weight is 361 g/mol. The van der Waals surface area contributed by atoms with E-state index in [1.165, 1.54) is 48.3 Å². The van der Waals surface area contributed by atoms with Gasteiger partial charge in [-0.3, -0.25) is 9.59 Å². The maximum atomic E-state index is 12.2. The summed E-state index contributed by atoms with van der Waals surface area (Å²) in [6, 6.07) is 7.42. The summed E-state index contributed by atoms with van der Waals surface area (Å²) in [7, 11) is 0. The number of benzene rings is 1. The second-order valence-electron chi connectivity index (χ2n) is 7.65. The highest BCUT2D eigenvalue weighted by molar-refractivity contribution is 5.93. The number of likely N-dealkylation sites (tertiary alicyclic amines) is 2. The van der Waals surface area contributed by atoms with Gasteiger partial charge < -0.3 is 20.4 Å². The fraction of sp³-hybridized carbons (Fsp3) is 0.600. The third kappa shape index (κ3) is 6.11. The second kappa shape index (κ2) is 9.69. The zero-order chi connectivity index (χ0) is 18.2. The van der Waals surface area contributed by atoms with E-state index >= 15 is 0 Å². The van der Waals surface area contributed by atoms with Crippen LogP contribution in [0.15, 0.2) is 24.3 Å². The Morgan fingerprint density at radius 1 is 0.654 bits per heavy atom. The summed E-state index contributed by atoms with van der Waals surface area (Å²) in [4.78, 5) is 27.1. The van der Waals surface area contributed by atoms with E-state index in [2.05, 4.69) is 10.6 Å². The van der Waals surface area contributed by atoms with Gasteiger partial charge in [0.25, 0.3) is 11.8 Å². The van der Waals surface area contributed by atoms with Crippen LogP contribution in [-0.2, 0) is 9.59 Å². The van der Waals surface area contributed by atoms with E-state index < -0.39 is 0 Å². The molecule has 0 bridgehead atoms. The number of nitrogens with one attached hydrogen (secondary N) is 4. The molecule has 142 valence electrons. The Morgan fingerprint density at radius 2 is 1.00 bits per heavy atom. The first-order chi connectivity index (χ1) is 12.7. The fourth-order valence-electron chi connectivity index (χ4n) is 3.96. The number of piperidine rings is 2. The van der Waals surface area contributed by atoms with Crippen molar-refractivity contribution in [2.24, 2.45) is 0 Å². The molecule has 2 heterocycles. The first-order valence-electron chi connectivity index (χ1n) is 10.1. The number of rotatable bonds is 6. The number of anilines is 2. The molecule has 2 aliphatic heterocycles. The van der Waals surface area contributed by atoms with Crippen molar-refractivity contribution >= 4 is 23.2 Å². The molecule has 26 heavy (non-hydrogen) atoms. The highest BCUT2D eigenvalue weighted by atomic mass is 16.2. The Labute approximate surface area is 155 Å². The Kier molecular flexibility index (Phi) is 7.03. The number of hydrogen-bond acceptors (Lipinski definition) is 2. The second-order valence-corrected chi connectivity index (χ2v) is 7.65. The van der Waals surface area contributed by atoms with Crippen LogP contribution in [0.25, 0.3) is 0 Å². The molecule has 2 amide bonds. The summed E-state index contributed by atoms with van der Waals surface area (Å²) in [5.41, 5.74) is 1.57. The highest BCUT2D eigenvalue weighted by Gasteiger charge is 2.18. The molecule has 4 N–H and O–H groups in total. The summed E-state index contributed by atoms with van der Waals surface area (Å²) in [5, 5.41) is 5.92. The lowest BCUT2D eigenvalue weighted by atomic mass is 10.1. The predicted octanol–water partition coefficient (Wildman–Crippen LogP) is -0.299. The highest BCUT2D eigenvalue weighted by Crippen LogP contribution is 2.13. The SMILES string of the molecule is O=C(C[NH+]1CCCCC1)Nc1ccc(NC(=O)C[NH+]2CCCCC2)cc1. The van der Waals surface area contributed by atoms with Crippen molar-refractivity contribution in [3.8, 4) is 0 Å². The number of amides is 2. The molecule has 2 saturated heterocycles. The van der Waals surface area contributed by atoms with Crippen molar-refractivity contribution in [2.75, 3.05) is 49.9 Å². The lowest BCUT2D eigenvalue weighted by Gasteiger charge is -2.23. The molecule has 1 aromatic rings. The minimum absolute atomic E-state index is 0.0624. The number of hydrogen-bond donors (Lipinski definition) is 4. The first-order valence-corrected chi connectivity index (χ1v) is 10.1. The van der Waals surface area contributed by atoms with Crippen LogP contribution in [0.5, 0.6) is 0 Å². The molecular formula is C20H32N4O2+2. The molecule has 6 heteroatoms. The number of quaternary nitrogens is 2. The zero-order valence-electron chi connectivity index (χ0n) is 15.6. The third-order valence-electron chi connectivity index (χ3n) is 5.39. The van der Waals surface area contributed by atoms with Crippen molar-refractivity contribution in [2.45, 2.75) is 38.5 Å². The van der Waals surface area contributed by atoms with Crippen LogP contribution in [0, 0.1) is 0 Å². The molecule has 3 rings (SSSR count). The van der Waals surface area contributed by atoms with Crippen molar-refractivity contribution in [1.82, 2.24) is 0 Å². The van der Waals surface area contributed by atoms with Crippen LogP contribution >= 0.6 is 0 Å². The quantitative estimate of drug-likeness (QED) is 0.563. The first kappa shape index (κ1) is 18.9. The van der Waals surface area contributed by atoms with E-state index in [1.54, 1.807) is 0 Å². The number of carbonyl (C=O) groups excluding carboxylic acids is 2. The predicted molar refractivity (Wildman–Crippen MR) is 103 cm³/mol. The summed E-state index contributed by atoms with van der Waals surface area (Å²) in [6.07, 6.45) is 7.45. The van der Waals surface area contributed by atoms with Gasteiger partial charge in [-0.1, -0.05) is 0 Å². The van der Waals surface area contributed by atoms with E-state index in [-0.39, 0.29) is 11.8 Å². The molecule has 0 unspecified atom stereocenters. The molecule has 0 aliphatic carbocycles. The molecule has 6 nitrogen and oxygen atoms in total. The minimum Gasteiger partial charge on any atom is -0.327 e. The standard InChI is InChI=1S/C20H30N4O2/c25-19(15-23-11-3-1-4-12-23)21-17-7-9-18(10-8-17)22-20(26)16-24-13-5-2-6-14-24/h7-10H,1-6,11-16H2,(H,21,25)(H,22,26)/p+2. The van der Waals surface area contributed by atoms with Crippen LogP contribution in [0.3, 0.4) is 0 Å². The lowest BCUT2D eigenvalue weighted by molar-refractivity contribution is -0.896. The molecule has 2 aliphatic rings. The van der Waals surface area contributed by atoms with Crippen LogP contribution in [0.4, 0.5) is 11.4 Å². The van der Waals surface area contributed by atoms with Gasteiger partial charge in [0.2, 0.25) is 0 Å². The molecule has 1 aromatic carbocycles. The molecule has 0 atom stereocenters. The summed E-state index contributed by atoms with van der Waals surface area (Å²) >= 11 is 0. The van der Waals surface area contributed by atoms with E-state index in [1.807, 2.05) is 24.3 Å². The van der Waals surface area contributed by atoms with Crippen LogP contribution in [0.1, 0.15) is 38.5 Å². The van der Waals surface area contributed by atoms with Crippen molar-refractivity contribution in [3.05, 3.63) is 24.3 Å². The average Bonchev–Trinajstić information content (AvgIpc) is 2.65. The van der Waals surface area contributed by atoms with E-state index in [9.17, 15) is 9.59 Å². The Morgan fingerprint density at radius 3 is 1.35 bits per heavy atom. The van der Waals surface area contributed by atoms with Gasteiger partial charge in [-0.05, 0) is 62.8 Å². The Bertz CT molecular complexity index is 537. The minimum atomic E-state index is 0.0624. The van der Waals surface area contributed by atoms with Gasteiger partial charge in [0.1, 0.15) is 0 Å². The molecule has 0 saturated carbocycles. The van der Waals surface area contributed by atoms with Crippen molar-refractivity contribution in [1.29, 1.82) is 0 Å². The summed E-state index contributed by atoms with van der Waals surface area (Å²) in [6.45, 7) is 5.46. The van der Waals surface area contributed by atoms with Gasteiger partial charge in [0.05, 0.1) is 26.2 Å². The van der Waals surface area contributed by atoms with Gasteiger partial charge in [-0.2, -0.15) is 0 Å².